The molecule has 1 N–H and O–H groups in total. The molecule has 1 aliphatic rings. The molecule has 17 heavy (non-hydrogen) atoms. The smallest absolute Gasteiger partial charge is 0.134 e. The van der Waals surface area contributed by atoms with E-state index in [2.05, 4.69) is 29.6 Å². The number of nitrogens with one attached hydrogen (secondary N) is 1. The van der Waals surface area contributed by atoms with E-state index in [1.807, 2.05) is 6.92 Å². The maximum absolute atomic E-state index is 5.68. The molecule has 0 saturated carbocycles. The lowest BCUT2D eigenvalue weighted by Crippen LogP contribution is -2.30. The van der Waals surface area contributed by atoms with Crippen LogP contribution >= 0.6 is 0 Å². The van der Waals surface area contributed by atoms with Crippen molar-refractivity contribution >= 4 is 11.0 Å². The van der Waals surface area contributed by atoms with Crippen molar-refractivity contribution in [2.24, 2.45) is 5.92 Å². The Morgan fingerprint density at radius 2 is 2.29 bits per heavy atom. The fourth-order valence-electron chi connectivity index (χ4n) is 2.77. The third-order valence-corrected chi connectivity index (χ3v) is 3.63. The van der Waals surface area contributed by atoms with Crippen molar-refractivity contribution in [3.05, 3.63) is 35.6 Å². The first-order chi connectivity index (χ1) is 8.31. The molecule has 1 aromatic heterocycles. The van der Waals surface area contributed by atoms with Gasteiger partial charge in [-0.2, -0.15) is 0 Å². The zero-order valence-electron chi connectivity index (χ0n) is 10.3. The molecule has 0 bridgehead atoms. The second kappa shape index (κ2) is 4.53. The Bertz CT molecular complexity index is 509. The van der Waals surface area contributed by atoms with E-state index in [9.17, 15) is 0 Å². The Morgan fingerprint density at radius 1 is 1.35 bits per heavy atom. The van der Waals surface area contributed by atoms with E-state index < -0.39 is 0 Å². The highest BCUT2D eigenvalue weighted by Crippen LogP contribution is 2.23. The Balaban J connectivity index is 1.79. The molecule has 0 spiro atoms. The molecule has 1 atom stereocenters. The molecule has 1 unspecified atom stereocenters. The van der Waals surface area contributed by atoms with E-state index in [-0.39, 0.29) is 0 Å². The van der Waals surface area contributed by atoms with Gasteiger partial charge in [0.25, 0.3) is 0 Å². The van der Waals surface area contributed by atoms with Crippen LogP contribution in [0.1, 0.15) is 24.2 Å². The zero-order chi connectivity index (χ0) is 11.7. The zero-order valence-corrected chi connectivity index (χ0v) is 10.3. The van der Waals surface area contributed by atoms with Gasteiger partial charge in [0.2, 0.25) is 0 Å². The number of benzene rings is 1. The number of aryl methyl sites for hydroxylation is 1. The van der Waals surface area contributed by atoms with Crippen molar-refractivity contribution in [2.75, 3.05) is 13.1 Å². The summed E-state index contributed by atoms with van der Waals surface area (Å²) in [6, 6.07) is 8.72. The van der Waals surface area contributed by atoms with Gasteiger partial charge in [-0.15, -0.1) is 0 Å². The molecule has 90 valence electrons. The highest BCUT2D eigenvalue weighted by molar-refractivity contribution is 5.78. The van der Waals surface area contributed by atoms with Gasteiger partial charge in [0.05, 0.1) is 0 Å². The minimum absolute atomic E-state index is 0.789. The molecular weight excluding hydrogens is 210 g/mol. The lowest BCUT2D eigenvalue weighted by molar-refractivity contribution is 0.376. The van der Waals surface area contributed by atoms with Crippen molar-refractivity contribution in [1.29, 1.82) is 0 Å². The molecule has 1 aromatic carbocycles. The molecule has 2 heterocycles. The van der Waals surface area contributed by atoms with Crippen molar-refractivity contribution in [1.82, 2.24) is 5.32 Å². The van der Waals surface area contributed by atoms with Gasteiger partial charge in [-0.25, -0.2) is 0 Å². The van der Waals surface area contributed by atoms with Gasteiger partial charge in [-0.3, -0.25) is 0 Å². The molecular formula is C15H19NO. The first-order valence-corrected chi connectivity index (χ1v) is 6.51. The predicted octanol–water partition coefficient (Wildman–Crippen LogP) is 3.28. The van der Waals surface area contributed by atoms with Crippen molar-refractivity contribution < 1.29 is 4.42 Å². The number of rotatable bonds is 2. The monoisotopic (exact) mass is 229 g/mol. The van der Waals surface area contributed by atoms with E-state index >= 15 is 0 Å². The second-order valence-electron chi connectivity index (χ2n) is 5.15. The van der Waals surface area contributed by atoms with E-state index in [0.29, 0.717) is 0 Å². The van der Waals surface area contributed by atoms with E-state index in [0.717, 1.165) is 23.8 Å². The molecule has 1 fully saturated rings. The first-order valence-electron chi connectivity index (χ1n) is 6.51. The van der Waals surface area contributed by atoms with Gasteiger partial charge in [0.1, 0.15) is 11.3 Å². The van der Waals surface area contributed by atoms with Crippen LogP contribution in [0.5, 0.6) is 0 Å². The summed E-state index contributed by atoms with van der Waals surface area (Å²) in [5.74, 6) is 1.79. The SMILES string of the molecule is Cc1cc2ccc(CC3CCCNC3)cc2o1. The van der Waals surface area contributed by atoms with E-state index in [4.69, 9.17) is 4.42 Å². The average Bonchev–Trinajstić information content (AvgIpc) is 2.70. The average molecular weight is 229 g/mol. The number of piperidine rings is 1. The number of fused-ring (bicyclic) bond motifs is 1. The lowest BCUT2D eigenvalue weighted by Gasteiger charge is -2.22. The third-order valence-electron chi connectivity index (χ3n) is 3.63. The van der Waals surface area contributed by atoms with Crippen LogP contribution in [0.4, 0.5) is 0 Å². The second-order valence-corrected chi connectivity index (χ2v) is 5.15. The molecule has 2 aromatic rings. The van der Waals surface area contributed by atoms with Crippen LogP contribution in [0.15, 0.2) is 28.7 Å². The van der Waals surface area contributed by atoms with Gasteiger partial charge >= 0.3 is 0 Å². The summed E-state index contributed by atoms with van der Waals surface area (Å²) < 4.78 is 5.68. The van der Waals surface area contributed by atoms with Crippen LogP contribution in [0, 0.1) is 12.8 Å². The Hall–Kier alpha value is -1.28. The van der Waals surface area contributed by atoms with Crippen molar-refractivity contribution in [3.63, 3.8) is 0 Å². The summed E-state index contributed by atoms with van der Waals surface area (Å²) in [6.45, 7) is 4.35. The summed E-state index contributed by atoms with van der Waals surface area (Å²) in [5.41, 5.74) is 2.43. The van der Waals surface area contributed by atoms with Gasteiger partial charge in [-0.1, -0.05) is 12.1 Å². The lowest BCUT2D eigenvalue weighted by atomic mass is 9.92. The molecule has 1 aliphatic heterocycles. The van der Waals surface area contributed by atoms with Crippen LogP contribution in [0.25, 0.3) is 11.0 Å². The number of hydrogen-bond acceptors (Lipinski definition) is 2. The normalized spacial score (nSPS) is 20.9. The van der Waals surface area contributed by atoms with Crippen LogP contribution in [-0.2, 0) is 6.42 Å². The molecule has 3 rings (SSSR count). The molecule has 0 aliphatic carbocycles. The maximum Gasteiger partial charge on any atom is 0.134 e. The summed E-state index contributed by atoms with van der Waals surface area (Å²) in [7, 11) is 0. The Kier molecular flexibility index (Phi) is 2.89. The van der Waals surface area contributed by atoms with Gasteiger partial charge < -0.3 is 9.73 Å². The minimum atomic E-state index is 0.789. The summed E-state index contributed by atoms with van der Waals surface area (Å²) in [5, 5.41) is 4.69. The minimum Gasteiger partial charge on any atom is -0.461 e. The van der Waals surface area contributed by atoms with Crippen LogP contribution in [0.3, 0.4) is 0 Å². The van der Waals surface area contributed by atoms with Crippen molar-refractivity contribution in [3.8, 4) is 0 Å². The predicted molar refractivity (Wildman–Crippen MR) is 70.2 cm³/mol. The van der Waals surface area contributed by atoms with Crippen molar-refractivity contribution in [2.45, 2.75) is 26.2 Å². The fourth-order valence-corrected chi connectivity index (χ4v) is 2.77. The third kappa shape index (κ3) is 2.37. The fraction of sp³-hybridized carbons (Fsp3) is 0.467. The van der Waals surface area contributed by atoms with Gasteiger partial charge in [0.15, 0.2) is 0 Å². The molecule has 1 saturated heterocycles. The first kappa shape index (κ1) is 10.8. The van der Waals surface area contributed by atoms with E-state index in [1.165, 1.54) is 36.8 Å². The summed E-state index contributed by atoms with van der Waals surface area (Å²) in [4.78, 5) is 0. The highest BCUT2D eigenvalue weighted by Gasteiger charge is 2.13. The topological polar surface area (TPSA) is 25.2 Å². The maximum atomic E-state index is 5.68. The standard InChI is InChI=1S/C15H19NO/c1-11-7-14-5-4-12(9-15(14)17-11)8-13-3-2-6-16-10-13/h4-5,7,9,13,16H,2-3,6,8,10H2,1H3. The van der Waals surface area contributed by atoms with E-state index in [1.54, 1.807) is 0 Å². The Morgan fingerprint density at radius 3 is 3.12 bits per heavy atom. The highest BCUT2D eigenvalue weighted by atomic mass is 16.3. The van der Waals surface area contributed by atoms with Gasteiger partial charge in [0, 0.05) is 5.39 Å². The molecule has 2 nitrogen and oxygen atoms in total. The molecule has 0 amide bonds. The summed E-state index contributed by atoms with van der Waals surface area (Å²) in [6.07, 6.45) is 3.83. The van der Waals surface area contributed by atoms with Crippen LogP contribution in [0.2, 0.25) is 0 Å². The number of furan rings is 1. The molecule has 2 heteroatoms. The Labute approximate surface area is 102 Å². The quantitative estimate of drug-likeness (QED) is 0.855. The van der Waals surface area contributed by atoms with Crippen LogP contribution in [-0.4, -0.2) is 13.1 Å². The number of hydrogen-bond donors (Lipinski definition) is 1. The largest absolute Gasteiger partial charge is 0.461 e. The molecule has 0 radical (unpaired) electrons. The van der Waals surface area contributed by atoms with Crippen LogP contribution < -0.4 is 5.32 Å². The van der Waals surface area contributed by atoms with Gasteiger partial charge in [-0.05, 0) is 62.9 Å². The summed E-state index contributed by atoms with van der Waals surface area (Å²) >= 11 is 0.